The fourth-order valence-electron chi connectivity index (χ4n) is 2.01. The Bertz CT molecular complexity index is 598. The highest BCUT2D eigenvalue weighted by molar-refractivity contribution is 9.10. The van der Waals surface area contributed by atoms with Crippen LogP contribution in [0, 0.1) is 0 Å². The van der Waals surface area contributed by atoms with Crippen molar-refractivity contribution in [2.24, 2.45) is 0 Å². The Hall–Kier alpha value is -0.583. The molecule has 0 saturated heterocycles. The summed E-state index contributed by atoms with van der Waals surface area (Å²) >= 11 is 3.65. The molecule has 0 bridgehead atoms. The van der Waals surface area contributed by atoms with Crippen molar-refractivity contribution >= 4 is 35.2 Å². The standard InChI is InChI=1S/C16H24BrNOSi/c1-16(2,3)20(4,5)19-11-10-18-14-9-7-6-8-13(14)12-15(18)17/h6-9,12H,10-11H2,1-5H3. The molecule has 1 aromatic carbocycles. The van der Waals surface area contributed by atoms with E-state index in [-0.39, 0.29) is 5.04 Å². The van der Waals surface area contributed by atoms with Crippen molar-refractivity contribution in [1.29, 1.82) is 0 Å². The lowest BCUT2D eigenvalue weighted by molar-refractivity contribution is 0.272. The molecule has 1 aromatic heterocycles. The zero-order valence-corrected chi connectivity index (χ0v) is 15.6. The molecule has 0 spiro atoms. The van der Waals surface area contributed by atoms with Gasteiger partial charge in [0.15, 0.2) is 8.32 Å². The van der Waals surface area contributed by atoms with Gasteiger partial charge in [0.25, 0.3) is 0 Å². The molecule has 20 heavy (non-hydrogen) atoms. The van der Waals surface area contributed by atoms with Crippen LogP contribution in [0.2, 0.25) is 18.1 Å². The van der Waals surface area contributed by atoms with Gasteiger partial charge in [0.1, 0.15) is 0 Å². The number of hydrogen-bond donors (Lipinski definition) is 0. The Morgan fingerprint density at radius 3 is 2.50 bits per heavy atom. The second kappa shape index (κ2) is 5.66. The van der Waals surface area contributed by atoms with E-state index in [1.165, 1.54) is 10.9 Å². The van der Waals surface area contributed by atoms with Crippen LogP contribution in [0.3, 0.4) is 0 Å². The monoisotopic (exact) mass is 353 g/mol. The van der Waals surface area contributed by atoms with E-state index >= 15 is 0 Å². The van der Waals surface area contributed by atoms with Gasteiger partial charge in [0, 0.05) is 17.4 Å². The van der Waals surface area contributed by atoms with Crippen molar-refractivity contribution < 1.29 is 4.43 Å². The number of benzene rings is 1. The first-order valence-corrected chi connectivity index (χ1v) is 10.8. The van der Waals surface area contributed by atoms with Crippen LogP contribution in [-0.2, 0) is 11.0 Å². The summed E-state index contributed by atoms with van der Waals surface area (Å²) in [6.45, 7) is 13.1. The Morgan fingerprint density at radius 2 is 1.85 bits per heavy atom. The Kier molecular flexibility index (Phi) is 4.47. The number of nitrogens with zero attached hydrogens (tertiary/aromatic N) is 1. The SMILES string of the molecule is CC(C)(C)[Si](C)(C)OCCn1c(Br)cc2ccccc21. The zero-order chi connectivity index (χ0) is 15.0. The van der Waals surface area contributed by atoms with Gasteiger partial charge in [0.2, 0.25) is 0 Å². The molecular formula is C16H24BrNOSi. The molecule has 0 amide bonds. The lowest BCUT2D eigenvalue weighted by Gasteiger charge is -2.36. The number of aromatic nitrogens is 1. The predicted molar refractivity (Wildman–Crippen MR) is 92.8 cm³/mol. The highest BCUT2D eigenvalue weighted by Gasteiger charge is 2.36. The normalized spacial score (nSPS) is 13.1. The molecule has 2 nitrogen and oxygen atoms in total. The molecule has 0 N–H and O–H groups in total. The van der Waals surface area contributed by atoms with Crippen LogP contribution in [0.15, 0.2) is 34.9 Å². The van der Waals surface area contributed by atoms with Crippen molar-refractivity contribution in [3.8, 4) is 0 Å². The van der Waals surface area contributed by atoms with E-state index in [4.69, 9.17) is 4.43 Å². The lowest BCUT2D eigenvalue weighted by atomic mass is 10.2. The van der Waals surface area contributed by atoms with E-state index in [0.29, 0.717) is 0 Å². The molecule has 0 aliphatic rings. The molecule has 0 unspecified atom stereocenters. The summed E-state index contributed by atoms with van der Waals surface area (Å²) in [4.78, 5) is 0. The third kappa shape index (κ3) is 3.18. The van der Waals surface area contributed by atoms with Crippen molar-refractivity contribution in [3.63, 3.8) is 0 Å². The van der Waals surface area contributed by atoms with Gasteiger partial charge in [-0.2, -0.15) is 0 Å². The summed E-state index contributed by atoms with van der Waals surface area (Å²) in [5, 5.41) is 1.54. The second-order valence-corrected chi connectivity index (χ2v) is 12.4. The molecule has 2 aromatic rings. The maximum absolute atomic E-state index is 6.27. The van der Waals surface area contributed by atoms with Gasteiger partial charge in [-0.25, -0.2) is 0 Å². The van der Waals surface area contributed by atoms with Gasteiger partial charge in [-0.15, -0.1) is 0 Å². The summed E-state index contributed by atoms with van der Waals surface area (Å²) < 4.78 is 9.67. The highest BCUT2D eigenvalue weighted by Crippen LogP contribution is 2.36. The van der Waals surface area contributed by atoms with E-state index in [0.717, 1.165) is 17.8 Å². The average molecular weight is 354 g/mol. The molecule has 0 atom stereocenters. The highest BCUT2D eigenvalue weighted by atomic mass is 79.9. The first-order valence-electron chi connectivity index (χ1n) is 7.10. The first kappa shape index (κ1) is 15.8. The minimum atomic E-state index is -1.65. The molecule has 0 radical (unpaired) electrons. The van der Waals surface area contributed by atoms with Crippen LogP contribution in [0.4, 0.5) is 0 Å². The summed E-state index contributed by atoms with van der Waals surface area (Å²) in [6, 6.07) is 10.6. The average Bonchev–Trinajstić information content (AvgIpc) is 2.64. The summed E-state index contributed by atoms with van der Waals surface area (Å²) in [6.07, 6.45) is 0. The van der Waals surface area contributed by atoms with Crippen LogP contribution >= 0.6 is 15.9 Å². The zero-order valence-electron chi connectivity index (χ0n) is 13.0. The van der Waals surface area contributed by atoms with Gasteiger partial charge >= 0.3 is 0 Å². The largest absolute Gasteiger partial charge is 0.415 e. The smallest absolute Gasteiger partial charge is 0.192 e. The molecule has 2 rings (SSSR count). The van der Waals surface area contributed by atoms with Crippen molar-refractivity contribution in [3.05, 3.63) is 34.9 Å². The second-order valence-electron chi connectivity index (χ2n) is 6.79. The minimum absolute atomic E-state index is 0.267. The third-order valence-corrected chi connectivity index (χ3v) is 9.54. The van der Waals surface area contributed by atoms with Crippen molar-refractivity contribution in [2.45, 2.75) is 45.4 Å². The Morgan fingerprint density at radius 1 is 1.20 bits per heavy atom. The Labute approximate surface area is 131 Å². The lowest BCUT2D eigenvalue weighted by Crippen LogP contribution is -2.41. The van der Waals surface area contributed by atoms with Crippen LogP contribution in [0.1, 0.15) is 20.8 Å². The summed E-state index contributed by atoms with van der Waals surface area (Å²) in [7, 11) is -1.65. The van der Waals surface area contributed by atoms with Gasteiger partial charge in [0.05, 0.1) is 11.2 Å². The quantitative estimate of drug-likeness (QED) is 0.668. The van der Waals surface area contributed by atoms with Gasteiger partial charge in [-0.05, 0) is 46.2 Å². The van der Waals surface area contributed by atoms with E-state index in [1.54, 1.807) is 0 Å². The summed E-state index contributed by atoms with van der Waals surface area (Å²) in [5.74, 6) is 0. The van der Waals surface area contributed by atoms with Crippen LogP contribution in [-0.4, -0.2) is 19.5 Å². The van der Waals surface area contributed by atoms with Crippen LogP contribution in [0.5, 0.6) is 0 Å². The van der Waals surface area contributed by atoms with E-state index in [1.807, 2.05) is 0 Å². The topological polar surface area (TPSA) is 14.2 Å². The number of halogens is 1. The van der Waals surface area contributed by atoms with E-state index in [9.17, 15) is 0 Å². The van der Waals surface area contributed by atoms with E-state index in [2.05, 4.69) is 84.7 Å². The molecule has 0 aliphatic heterocycles. The molecule has 0 aliphatic carbocycles. The summed E-state index contributed by atoms with van der Waals surface area (Å²) in [5.41, 5.74) is 1.26. The minimum Gasteiger partial charge on any atom is -0.415 e. The maximum Gasteiger partial charge on any atom is 0.192 e. The van der Waals surface area contributed by atoms with Crippen molar-refractivity contribution in [2.75, 3.05) is 6.61 Å². The Balaban J connectivity index is 2.09. The fraction of sp³-hybridized carbons (Fsp3) is 0.500. The molecule has 4 heteroatoms. The number of hydrogen-bond acceptors (Lipinski definition) is 1. The molecule has 110 valence electrons. The molecule has 1 heterocycles. The number of para-hydroxylation sites is 1. The molecule has 0 saturated carbocycles. The predicted octanol–water partition coefficient (Wildman–Crippen LogP) is 5.43. The maximum atomic E-state index is 6.27. The van der Waals surface area contributed by atoms with Crippen LogP contribution in [0.25, 0.3) is 10.9 Å². The number of rotatable bonds is 4. The fourth-order valence-corrected chi connectivity index (χ4v) is 3.66. The van der Waals surface area contributed by atoms with Crippen molar-refractivity contribution in [1.82, 2.24) is 4.57 Å². The molecule has 0 fully saturated rings. The van der Waals surface area contributed by atoms with Gasteiger partial charge in [-0.3, -0.25) is 0 Å². The third-order valence-electron chi connectivity index (χ3n) is 4.34. The van der Waals surface area contributed by atoms with E-state index < -0.39 is 8.32 Å². The van der Waals surface area contributed by atoms with Gasteiger partial charge < -0.3 is 8.99 Å². The number of fused-ring (bicyclic) bond motifs is 1. The molecular weight excluding hydrogens is 330 g/mol. The van der Waals surface area contributed by atoms with Gasteiger partial charge in [-0.1, -0.05) is 39.0 Å². The first-order chi connectivity index (χ1) is 9.22. The van der Waals surface area contributed by atoms with Crippen LogP contribution < -0.4 is 0 Å².